The number of aliphatic hydroxyl groups excluding tert-OH is 2. The van der Waals surface area contributed by atoms with Crippen LogP contribution in [0.25, 0.3) is 0 Å². The zero-order valence-electron chi connectivity index (χ0n) is 11.2. The molecule has 2 aromatic rings. The van der Waals surface area contributed by atoms with Crippen molar-refractivity contribution < 1.29 is 10.2 Å². The van der Waals surface area contributed by atoms with Crippen molar-refractivity contribution >= 4 is 21.6 Å². The largest absolute Gasteiger partial charge is 0.394 e. The lowest BCUT2D eigenvalue weighted by Crippen LogP contribution is -2.26. The lowest BCUT2D eigenvalue weighted by Gasteiger charge is -2.19. The van der Waals surface area contributed by atoms with Crippen molar-refractivity contribution in [2.24, 2.45) is 0 Å². The first-order valence-corrected chi connectivity index (χ1v) is 7.25. The van der Waals surface area contributed by atoms with Crippen LogP contribution in [-0.2, 0) is 6.54 Å². The standard InChI is InChI=1S/C14H16BrN3O3/c15-13-11(8-16-18(6-7-19)14(13)21)17-12(9-20)10-4-2-1-3-5-10/h1-5,8,12,17,19-20H,6-7,9H2. The van der Waals surface area contributed by atoms with Crippen LogP contribution in [0.5, 0.6) is 0 Å². The Morgan fingerprint density at radius 2 is 2.00 bits per heavy atom. The van der Waals surface area contributed by atoms with E-state index >= 15 is 0 Å². The van der Waals surface area contributed by atoms with Gasteiger partial charge in [-0.15, -0.1) is 0 Å². The summed E-state index contributed by atoms with van der Waals surface area (Å²) in [5.41, 5.74) is 1.07. The van der Waals surface area contributed by atoms with Crippen LogP contribution in [0, 0.1) is 0 Å². The Hall–Kier alpha value is -1.70. The molecule has 21 heavy (non-hydrogen) atoms. The van der Waals surface area contributed by atoms with E-state index in [-0.39, 0.29) is 31.4 Å². The predicted molar refractivity (Wildman–Crippen MR) is 83.2 cm³/mol. The fourth-order valence-electron chi connectivity index (χ4n) is 1.93. The van der Waals surface area contributed by atoms with Crippen molar-refractivity contribution in [3.05, 3.63) is 56.9 Å². The summed E-state index contributed by atoms with van der Waals surface area (Å²) in [6.07, 6.45) is 1.49. The second-order valence-corrected chi connectivity index (χ2v) is 5.21. The molecule has 0 saturated carbocycles. The molecule has 1 unspecified atom stereocenters. The highest BCUT2D eigenvalue weighted by molar-refractivity contribution is 9.10. The SMILES string of the molecule is O=c1c(Br)c(NC(CO)c2ccccc2)cnn1CCO. The molecule has 7 heteroatoms. The average Bonchev–Trinajstić information content (AvgIpc) is 2.52. The number of rotatable bonds is 6. The minimum Gasteiger partial charge on any atom is -0.394 e. The van der Waals surface area contributed by atoms with Gasteiger partial charge in [0, 0.05) is 0 Å². The normalized spacial score (nSPS) is 12.1. The summed E-state index contributed by atoms with van der Waals surface area (Å²) in [6, 6.07) is 9.10. The Balaban J connectivity index is 2.26. The van der Waals surface area contributed by atoms with Gasteiger partial charge in [-0.25, -0.2) is 4.68 Å². The van der Waals surface area contributed by atoms with Gasteiger partial charge >= 0.3 is 0 Å². The molecule has 2 rings (SSSR count). The predicted octanol–water partition coefficient (Wildman–Crippen LogP) is 1.14. The van der Waals surface area contributed by atoms with E-state index in [0.29, 0.717) is 10.2 Å². The van der Waals surface area contributed by atoms with Gasteiger partial charge in [-0.05, 0) is 21.5 Å². The van der Waals surface area contributed by atoms with Crippen LogP contribution in [0.3, 0.4) is 0 Å². The van der Waals surface area contributed by atoms with Crippen molar-refractivity contribution in [3.63, 3.8) is 0 Å². The Kier molecular flexibility index (Phi) is 5.49. The van der Waals surface area contributed by atoms with Crippen LogP contribution in [0.15, 0.2) is 45.8 Å². The van der Waals surface area contributed by atoms with Gasteiger partial charge in [-0.2, -0.15) is 5.10 Å². The third-order valence-electron chi connectivity index (χ3n) is 3.01. The molecule has 3 N–H and O–H groups in total. The van der Waals surface area contributed by atoms with Gasteiger partial charge in [-0.3, -0.25) is 4.79 Å². The summed E-state index contributed by atoms with van der Waals surface area (Å²) < 4.78 is 1.49. The van der Waals surface area contributed by atoms with E-state index in [1.807, 2.05) is 30.3 Å². The quantitative estimate of drug-likeness (QED) is 0.724. The Morgan fingerprint density at radius 1 is 1.29 bits per heavy atom. The fourth-order valence-corrected chi connectivity index (χ4v) is 2.35. The topological polar surface area (TPSA) is 87.4 Å². The summed E-state index contributed by atoms with van der Waals surface area (Å²) >= 11 is 3.23. The maximum atomic E-state index is 12.0. The number of nitrogens with one attached hydrogen (secondary N) is 1. The molecule has 0 amide bonds. The molecule has 112 valence electrons. The highest BCUT2D eigenvalue weighted by Gasteiger charge is 2.14. The number of hydrogen-bond donors (Lipinski definition) is 3. The second kappa shape index (κ2) is 7.35. The smallest absolute Gasteiger partial charge is 0.283 e. The van der Waals surface area contributed by atoms with Crippen molar-refractivity contribution in [3.8, 4) is 0 Å². The Labute approximate surface area is 130 Å². The first-order valence-electron chi connectivity index (χ1n) is 6.46. The summed E-state index contributed by atoms with van der Waals surface area (Å²) in [6.45, 7) is -0.134. The van der Waals surface area contributed by atoms with Gasteiger partial charge in [0.05, 0.1) is 37.7 Å². The van der Waals surface area contributed by atoms with E-state index in [1.165, 1.54) is 10.9 Å². The molecule has 0 aliphatic rings. The van der Waals surface area contributed by atoms with Crippen LogP contribution in [0.4, 0.5) is 5.69 Å². The number of aromatic nitrogens is 2. The number of benzene rings is 1. The molecule has 1 aromatic carbocycles. The van der Waals surface area contributed by atoms with Crippen LogP contribution in [-0.4, -0.2) is 33.2 Å². The molecule has 0 spiro atoms. The van der Waals surface area contributed by atoms with Gasteiger partial charge in [0.2, 0.25) is 0 Å². The molecule has 1 heterocycles. The summed E-state index contributed by atoms with van der Waals surface area (Å²) in [5, 5.41) is 25.5. The van der Waals surface area contributed by atoms with Gasteiger partial charge in [-0.1, -0.05) is 30.3 Å². The average molecular weight is 354 g/mol. The van der Waals surface area contributed by atoms with Crippen molar-refractivity contribution in [1.82, 2.24) is 9.78 Å². The molecule has 0 aliphatic carbocycles. The lowest BCUT2D eigenvalue weighted by molar-refractivity contribution is 0.266. The highest BCUT2D eigenvalue weighted by atomic mass is 79.9. The molecular weight excluding hydrogens is 338 g/mol. The first kappa shape index (κ1) is 15.7. The summed E-state index contributed by atoms with van der Waals surface area (Å²) in [5.74, 6) is 0. The van der Waals surface area contributed by atoms with Crippen LogP contribution < -0.4 is 10.9 Å². The van der Waals surface area contributed by atoms with E-state index < -0.39 is 0 Å². The minimum atomic E-state index is -0.336. The van der Waals surface area contributed by atoms with Crippen LogP contribution in [0.1, 0.15) is 11.6 Å². The lowest BCUT2D eigenvalue weighted by atomic mass is 10.1. The monoisotopic (exact) mass is 353 g/mol. The molecule has 0 saturated heterocycles. The number of halogens is 1. The summed E-state index contributed by atoms with van der Waals surface area (Å²) in [7, 11) is 0. The maximum Gasteiger partial charge on any atom is 0.283 e. The van der Waals surface area contributed by atoms with E-state index in [0.717, 1.165) is 5.56 Å². The van der Waals surface area contributed by atoms with Gasteiger partial charge in [0.1, 0.15) is 4.47 Å². The zero-order chi connectivity index (χ0) is 15.2. The molecule has 0 bridgehead atoms. The van der Waals surface area contributed by atoms with Crippen molar-refractivity contribution in [2.75, 3.05) is 18.5 Å². The number of nitrogens with zero attached hydrogens (tertiary/aromatic N) is 2. The van der Waals surface area contributed by atoms with Crippen molar-refractivity contribution in [1.29, 1.82) is 0 Å². The van der Waals surface area contributed by atoms with Gasteiger partial charge < -0.3 is 15.5 Å². The molecule has 0 fully saturated rings. The first-order chi connectivity index (χ1) is 10.2. The second-order valence-electron chi connectivity index (χ2n) is 4.41. The van der Waals surface area contributed by atoms with Crippen LogP contribution in [0.2, 0.25) is 0 Å². The summed E-state index contributed by atoms with van der Waals surface area (Å²) in [4.78, 5) is 12.0. The third kappa shape index (κ3) is 3.69. The van der Waals surface area contributed by atoms with E-state index in [2.05, 4.69) is 26.3 Å². The Morgan fingerprint density at radius 3 is 2.62 bits per heavy atom. The van der Waals surface area contributed by atoms with Gasteiger partial charge in [0.25, 0.3) is 5.56 Å². The van der Waals surface area contributed by atoms with E-state index in [1.54, 1.807) is 0 Å². The van der Waals surface area contributed by atoms with E-state index in [9.17, 15) is 9.90 Å². The maximum absolute atomic E-state index is 12.0. The molecule has 1 atom stereocenters. The molecule has 0 radical (unpaired) electrons. The van der Waals surface area contributed by atoms with Crippen molar-refractivity contribution in [2.45, 2.75) is 12.6 Å². The highest BCUT2D eigenvalue weighted by Crippen LogP contribution is 2.23. The minimum absolute atomic E-state index is 0.115. The number of aliphatic hydroxyl groups is 2. The molecule has 0 aliphatic heterocycles. The third-order valence-corrected chi connectivity index (χ3v) is 3.78. The molecular formula is C14H16BrN3O3. The zero-order valence-corrected chi connectivity index (χ0v) is 12.8. The van der Waals surface area contributed by atoms with Gasteiger partial charge in [0.15, 0.2) is 0 Å². The molecule has 6 nitrogen and oxygen atoms in total. The van der Waals surface area contributed by atoms with Crippen LogP contribution >= 0.6 is 15.9 Å². The number of anilines is 1. The fraction of sp³-hybridized carbons (Fsp3) is 0.286. The number of hydrogen-bond acceptors (Lipinski definition) is 5. The molecule has 1 aromatic heterocycles. The Bertz CT molecular complexity index is 646. The van der Waals surface area contributed by atoms with E-state index in [4.69, 9.17) is 5.11 Å².